The van der Waals surface area contributed by atoms with Gasteiger partial charge in [0.05, 0.1) is 38.2 Å². The van der Waals surface area contributed by atoms with Crippen LogP contribution in [0.25, 0.3) is 0 Å². The number of halogens is 1. The Kier molecular flexibility index (Phi) is 5.62. The zero-order chi connectivity index (χ0) is 19.6. The zero-order valence-electron chi connectivity index (χ0n) is 15.3. The maximum absolute atomic E-state index is 12.5. The summed E-state index contributed by atoms with van der Waals surface area (Å²) in [5, 5.41) is 14.9. The lowest BCUT2D eigenvalue weighted by molar-refractivity contribution is -0.880. The van der Waals surface area contributed by atoms with E-state index in [1.807, 2.05) is 11.8 Å². The first kappa shape index (κ1) is 19.1. The van der Waals surface area contributed by atoms with E-state index in [1.54, 1.807) is 30.3 Å². The summed E-state index contributed by atoms with van der Waals surface area (Å²) >= 11 is 6.08. The molecule has 7 nitrogen and oxygen atoms in total. The van der Waals surface area contributed by atoms with Crippen LogP contribution < -0.4 is 15.1 Å². The van der Waals surface area contributed by atoms with Crippen LogP contribution in [0, 0.1) is 17.0 Å². The van der Waals surface area contributed by atoms with Gasteiger partial charge in [0.1, 0.15) is 5.69 Å². The summed E-state index contributed by atoms with van der Waals surface area (Å²) in [4.78, 5) is 27.1. The summed E-state index contributed by atoms with van der Waals surface area (Å²) in [6, 6.07) is 9.83. The number of nitrogens with one attached hydrogen (secondary N) is 2. The molecule has 0 aromatic heterocycles. The van der Waals surface area contributed by atoms with Gasteiger partial charge in [-0.15, -0.1) is 0 Å². The Bertz CT molecular complexity index is 879. The molecule has 0 saturated carbocycles. The van der Waals surface area contributed by atoms with Crippen molar-refractivity contribution in [2.45, 2.75) is 6.92 Å². The quantitative estimate of drug-likeness (QED) is 0.620. The standard InChI is InChI=1S/C19H21ClN4O3/c1-13-3-5-15(12-16(13)20)21-19(25)14-4-6-17(18(11-14)24(26)27)23-9-7-22(2)8-10-23/h3-6,11-12H,7-10H2,1-2H3,(H,21,25)/p+1. The number of piperazine rings is 1. The van der Waals surface area contributed by atoms with E-state index in [0.29, 0.717) is 16.4 Å². The van der Waals surface area contributed by atoms with Gasteiger partial charge in [-0.2, -0.15) is 0 Å². The smallest absolute Gasteiger partial charge is 0.293 e. The van der Waals surface area contributed by atoms with Gasteiger partial charge in [0.15, 0.2) is 0 Å². The van der Waals surface area contributed by atoms with E-state index in [0.717, 1.165) is 31.7 Å². The van der Waals surface area contributed by atoms with Crippen molar-refractivity contribution in [2.24, 2.45) is 0 Å². The highest BCUT2D eigenvalue weighted by Gasteiger charge is 2.25. The zero-order valence-corrected chi connectivity index (χ0v) is 16.0. The van der Waals surface area contributed by atoms with Gasteiger partial charge in [0.25, 0.3) is 11.6 Å². The Labute approximate surface area is 162 Å². The fraction of sp³-hybridized carbons (Fsp3) is 0.316. The second-order valence-electron chi connectivity index (χ2n) is 6.82. The van der Waals surface area contributed by atoms with Crippen LogP contribution in [0.15, 0.2) is 36.4 Å². The Morgan fingerprint density at radius 3 is 2.56 bits per heavy atom. The average Bonchev–Trinajstić information content (AvgIpc) is 2.65. The normalized spacial score (nSPS) is 14.9. The van der Waals surface area contributed by atoms with Crippen molar-refractivity contribution in [1.29, 1.82) is 0 Å². The highest BCUT2D eigenvalue weighted by Crippen LogP contribution is 2.30. The number of nitro groups is 1. The van der Waals surface area contributed by atoms with Crippen molar-refractivity contribution >= 4 is 34.6 Å². The number of hydrogen-bond donors (Lipinski definition) is 2. The predicted molar refractivity (Wildman–Crippen MR) is 106 cm³/mol. The number of rotatable bonds is 4. The van der Waals surface area contributed by atoms with Crippen LogP contribution >= 0.6 is 11.6 Å². The van der Waals surface area contributed by atoms with Crippen molar-refractivity contribution in [3.8, 4) is 0 Å². The number of likely N-dealkylation sites (N-methyl/N-ethyl adjacent to an activating group) is 1. The number of amides is 1. The lowest BCUT2D eigenvalue weighted by Gasteiger charge is -2.31. The third-order valence-electron chi connectivity index (χ3n) is 4.82. The molecule has 2 aromatic carbocycles. The van der Waals surface area contributed by atoms with Crippen molar-refractivity contribution in [3.63, 3.8) is 0 Å². The largest absolute Gasteiger partial charge is 0.355 e. The molecule has 1 aliphatic heterocycles. The van der Waals surface area contributed by atoms with Crippen LogP contribution in [0.4, 0.5) is 17.1 Å². The minimum atomic E-state index is -0.431. The molecule has 0 unspecified atom stereocenters. The number of carbonyl (C=O) groups excluding carboxylic acids is 1. The van der Waals surface area contributed by atoms with Crippen molar-refractivity contribution in [2.75, 3.05) is 43.4 Å². The highest BCUT2D eigenvalue weighted by molar-refractivity contribution is 6.31. The number of aryl methyl sites for hydroxylation is 1. The highest BCUT2D eigenvalue weighted by atomic mass is 35.5. The van der Waals surface area contributed by atoms with E-state index in [4.69, 9.17) is 11.6 Å². The monoisotopic (exact) mass is 389 g/mol. The molecular weight excluding hydrogens is 368 g/mol. The summed E-state index contributed by atoms with van der Waals surface area (Å²) in [6.45, 7) is 5.22. The SMILES string of the molecule is Cc1ccc(NC(=O)c2ccc(N3CC[NH+](C)CC3)c([N+](=O)[O-])c2)cc1Cl. The second kappa shape index (κ2) is 7.94. The molecule has 27 heavy (non-hydrogen) atoms. The van der Waals surface area contributed by atoms with Gasteiger partial charge in [0, 0.05) is 22.3 Å². The molecule has 3 rings (SSSR count). The third-order valence-corrected chi connectivity index (χ3v) is 5.23. The minimum absolute atomic E-state index is 0.0517. The van der Waals surface area contributed by atoms with E-state index in [2.05, 4.69) is 12.4 Å². The first-order valence-electron chi connectivity index (χ1n) is 8.77. The molecule has 0 radical (unpaired) electrons. The van der Waals surface area contributed by atoms with Crippen molar-refractivity contribution in [3.05, 3.63) is 62.7 Å². The number of hydrogen-bond acceptors (Lipinski definition) is 4. The molecule has 0 spiro atoms. The van der Waals surface area contributed by atoms with Crippen LogP contribution in [0.5, 0.6) is 0 Å². The molecule has 1 amide bonds. The molecular formula is C19H22ClN4O3+. The summed E-state index contributed by atoms with van der Waals surface area (Å²) in [5.41, 5.74) is 2.20. The second-order valence-corrected chi connectivity index (χ2v) is 7.23. The number of quaternary nitrogens is 1. The summed E-state index contributed by atoms with van der Waals surface area (Å²) in [7, 11) is 2.11. The van der Waals surface area contributed by atoms with Gasteiger partial charge in [-0.25, -0.2) is 0 Å². The Balaban J connectivity index is 1.83. The van der Waals surface area contributed by atoms with E-state index in [-0.39, 0.29) is 11.3 Å². The summed E-state index contributed by atoms with van der Waals surface area (Å²) < 4.78 is 0. The van der Waals surface area contributed by atoms with Gasteiger partial charge in [-0.05, 0) is 36.8 Å². The van der Waals surface area contributed by atoms with Gasteiger partial charge >= 0.3 is 0 Å². The lowest BCUT2D eigenvalue weighted by Crippen LogP contribution is -3.12. The topological polar surface area (TPSA) is 79.9 Å². The number of benzene rings is 2. The molecule has 1 saturated heterocycles. The van der Waals surface area contributed by atoms with Crippen LogP contribution in [-0.4, -0.2) is 44.1 Å². The fourth-order valence-corrected chi connectivity index (χ4v) is 3.26. The Morgan fingerprint density at radius 1 is 1.22 bits per heavy atom. The molecule has 8 heteroatoms. The summed E-state index contributed by atoms with van der Waals surface area (Å²) in [6.07, 6.45) is 0. The van der Waals surface area contributed by atoms with Gasteiger partial charge < -0.3 is 15.1 Å². The van der Waals surface area contributed by atoms with Gasteiger partial charge in [0.2, 0.25) is 0 Å². The van der Waals surface area contributed by atoms with Crippen LogP contribution in [0.3, 0.4) is 0 Å². The van der Waals surface area contributed by atoms with Crippen molar-refractivity contribution in [1.82, 2.24) is 0 Å². The third kappa shape index (κ3) is 4.37. The van der Waals surface area contributed by atoms with E-state index >= 15 is 0 Å². The number of nitrogens with zero attached hydrogens (tertiary/aromatic N) is 2. The van der Waals surface area contributed by atoms with Gasteiger partial charge in [-0.1, -0.05) is 17.7 Å². The van der Waals surface area contributed by atoms with E-state index in [9.17, 15) is 14.9 Å². The Hall–Kier alpha value is -2.64. The van der Waals surface area contributed by atoms with Gasteiger partial charge in [-0.3, -0.25) is 14.9 Å². The fourth-order valence-electron chi connectivity index (χ4n) is 3.08. The molecule has 2 aromatic rings. The first-order chi connectivity index (χ1) is 12.8. The van der Waals surface area contributed by atoms with Crippen LogP contribution in [0.2, 0.25) is 5.02 Å². The number of anilines is 2. The maximum Gasteiger partial charge on any atom is 0.293 e. The number of carbonyl (C=O) groups is 1. The molecule has 1 heterocycles. The van der Waals surface area contributed by atoms with Crippen molar-refractivity contribution < 1.29 is 14.6 Å². The molecule has 142 valence electrons. The predicted octanol–water partition coefficient (Wildman–Crippen LogP) is 2.14. The number of nitro benzene ring substituents is 1. The molecule has 0 atom stereocenters. The van der Waals surface area contributed by atoms with E-state index < -0.39 is 10.8 Å². The average molecular weight is 390 g/mol. The molecule has 1 aliphatic rings. The van der Waals surface area contributed by atoms with Crippen LogP contribution in [-0.2, 0) is 0 Å². The Morgan fingerprint density at radius 2 is 1.93 bits per heavy atom. The molecule has 0 bridgehead atoms. The van der Waals surface area contributed by atoms with E-state index in [1.165, 1.54) is 11.0 Å². The summed E-state index contributed by atoms with van der Waals surface area (Å²) in [5.74, 6) is -0.410. The lowest BCUT2D eigenvalue weighted by atomic mass is 10.1. The first-order valence-corrected chi connectivity index (χ1v) is 9.15. The minimum Gasteiger partial charge on any atom is -0.355 e. The van der Waals surface area contributed by atoms with Crippen LogP contribution in [0.1, 0.15) is 15.9 Å². The molecule has 0 aliphatic carbocycles. The maximum atomic E-state index is 12.5. The molecule has 2 N–H and O–H groups in total. The molecule has 1 fully saturated rings.